The Bertz CT molecular complexity index is 657. The summed E-state index contributed by atoms with van der Waals surface area (Å²) in [7, 11) is 0. The van der Waals surface area contributed by atoms with Crippen LogP contribution >= 0.6 is 0 Å². The van der Waals surface area contributed by atoms with Crippen molar-refractivity contribution in [1.29, 1.82) is 0 Å². The van der Waals surface area contributed by atoms with E-state index in [0.717, 1.165) is 0 Å². The van der Waals surface area contributed by atoms with Gasteiger partial charge in [0, 0.05) is 18.5 Å². The minimum atomic E-state index is -0.434. The van der Waals surface area contributed by atoms with Crippen molar-refractivity contribution >= 4 is 16.8 Å². The van der Waals surface area contributed by atoms with E-state index in [2.05, 4.69) is 18.1 Å². The molecule has 1 aromatic carbocycles. The molecule has 0 aliphatic heterocycles. The molecule has 1 aromatic heterocycles. The zero-order valence-corrected chi connectivity index (χ0v) is 11.1. The summed E-state index contributed by atoms with van der Waals surface area (Å²) in [4.78, 5) is 18.0. The van der Waals surface area contributed by atoms with Crippen LogP contribution in [0.3, 0.4) is 0 Å². The fourth-order valence-electron chi connectivity index (χ4n) is 1.94. The molecule has 0 spiro atoms. The average Bonchev–Trinajstić information content (AvgIpc) is 2.46. The third kappa shape index (κ3) is 2.74. The molecule has 1 heterocycles. The van der Waals surface area contributed by atoms with Crippen LogP contribution in [0.2, 0.25) is 0 Å². The van der Waals surface area contributed by atoms with Gasteiger partial charge in [0.25, 0.3) is 5.91 Å². The molecule has 2 rings (SSSR count). The van der Waals surface area contributed by atoms with E-state index < -0.39 is 5.82 Å². The maximum absolute atomic E-state index is 13.7. The molecule has 1 amide bonds. The number of para-hydroxylation sites is 1. The van der Waals surface area contributed by atoms with Gasteiger partial charge in [0.15, 0.2) is 0 Å². The molecule has 20 heavy (non-hydrogen) atoms. The highest BCUT2D eigenvalue weighted by Crippen LogP contribution is 2.16. The van der Waals surface area contributed by atoms with E-state index in [9.17, 15) is 9.18 Å². The Balaban J connectivity index is 2.41. The highest BCUT2D eigenvalue weighted by Gasteiger charge is 2.15. The lowest BCUT2D eigenvalue weighted by atomic mass is 10.2. The molecule has 0 saturated carbocycles. The molecule has 0 fully saturated rings. The number of amides is 1. The van der Waals surface area contributed by atoms with E-state index in [-0.39, 0.29) is 17.1 Å². The SMILES string of the molecule is C=CCN(CC=C)C(=O)c1ccc2cccc(F)c2n1. The fourth-order valence-corrected chi connectivity index (χ4v) is 1.94. The molecule has 4 heteroatoms. The molecule has 0 radical (unpaired) electrons. The zero-order chi connectivity index (χ0) is 14.5. The van der Waals surface area contributed by atoms with Crippen LogP contribution in [0.1, 0.15) is 10.5 Å². The van der Waals surface area contributed by atoms with Crippen LogP contribution in [-0.2, 0) is 0 Å². The molecule has 3 nitrogen and oxygen atoms in total. The van der Waals surface area contributed by atoms with Gasteiger partial charge in [0.05, 0.1) is 0 Å². The summed E-state index contributed by atoms with van der Waals surface area (Å²) in [5.74, 6) is -0.703. The summed E-state index contributed by atoms with van der Waals surface area (Å²) in [6.07, 6.45) is 3.26. The van der Waals surface area contributed by atoms with Crippen molar-refractivity contribution in [2.45, 2.75) is 0 Å². The van der Waals surface area contributed by atoms with E-state index in [1.165, 1.54) is 11.0 Å². The molecule has 0 bridgehead atoms. The Morgan fingerprint density at radius 1 is 1.20 bits per heavy atom. The van der Waals surface area contributed by atoms with Crippen molar-refractivity contribution in [2.75, 3.05) is 13.1 Å². The topological polar surface area (TPSA) is 33.2 Å². The molecule has 0 saturated heterocycles. The lowest BCUT2D eigenvalue weighted by Crippen LogP contribution is -2.31. The van der Waals surface area contributed by atoms with Crippen molar-refractivity contribution in [1.82, 2.24) is 9.88 Å². The summed E-state index contributed by atoms with van der Waals surface area (Å²) in [5, 5.41) is 0.667. The fraction of sp³-hybridized carbons (Fsp3) is 0.125. The molecule has 102 valence electrons. The number of carbonyl (C=O) groups excluding carboxylic acids is 1. The molecule has 0 N–H and O–H groups in total. The van der Waals surface area contributed by atoms with Crippen LogP contribution in [-0.4, -0.2) is 28.9 Å². The summed E-state index contributed by atoms with van der Waals surface area (Å²) < 4.78 is 13.7. The minimum absolute atomic E-state index is 0.204. The summed E-state index contributed by atoms with van der Waals surface area (Å²) in [6.45, 7) is 8.01. The van der Waals surface area contributed by atoms with Crippen LogP contribution in [0.15, 0.2) is 55.6 Å². The normalized spacial score (nSPS) is 10.2. The lowest BCUT2D eigenvalue weighted by molar-refractivity contribution is 0.0785. The van der Waals surface area contributed by atoms with Crippen molar-refractivity contribution in [3.8, 4) is 0 Å². The van der Waals surface area contributed by atoms with Gasteiger partial charge in [0.1, 0.15) is 17.0 Å². The second kappa shape index (κ2) is 6.10. The van der Waals surface area contributed by atoms with Gasteiger partial charge in [-0.15, -0.1) is 13.2 Å². The Kier molecular flexibility index (Phi) is 4.25. The number of pyridine rings is 1. The predicted molar refractivity (Wildman–Crippen MR) is 78.0 cm³/mol. The van der Waals surface area contributed by atoms with Gasteiger partial charge in [-0.2, -0.15) is 0 Å². The van der Waals surface area contributed by atoms with Gasteiger partial charge in [-0.05, 0) is 12.1 Å². The smallest absolute Gasteiger partial charge is 0.273 e. The maximum atomic E-state index is 13.7. The highest BCUT2D eigenvalue weighted by molar-refractivity contribution is 5.95. The van der Waals surface area contributed by atoms with Gasteiger partial charge in [-0.25, -0.2) is 9.37 Å². The standard InChI is InChI=1S/C16H15FN2O/c1-3-10-19(11-4-2)16(20)14-9-8-12-6-5-7-13(17)15(12)18-14/h3-9H,1-2,10-11H2. The first kappa shape index (κ1) is 13.9. The number of rotatable bonds is 5. The largest absolute Gasteiger partial charge is 0.330 e. The van der Waals surface area contributed by atoms with Crippen LogP contribution in [0.4, 0.5) is 4.39 Å². The zero-order valence-electron chi connectivity index (χ0n) is 11.1. The molecular weight excluding hydrogens is 255 g/mol. The minimum Gasteiger partial charge on any atom is -0.330 e. The second-order valence-electron chi connectivity index (χ2n) is 4.30. The van der Waals surface area contributed by atoms with Gasteiger partial charge in [0.2, 0.25) is 0 Å². The summed E-state index contributed by atoms with van der Waals surface area (Å²) in [5.41, 5.74) is 0.418. The number of hydrogen-bond donors (Lipinski definition) is 0. The molecule has 0 aliphatic rings. The van der Waals surface area contributed by atoms with E-state index in [0.29, 0.717) is 18.5 Å². The maximum Gasteiger partial charge on any atom is 0.273 e. The Morgan fingerprint density at radius 3 is 2.55 bits per heavy atom. The first-order valence-corrected chi connectivity index (χ1v) is 6.23. The van der Waals surface area contributed by atoms with Crippen LogP contribution in [0.25, 0.3) is 10.9 Å². The van der Waals surface area contributed by atoms with Gasteiger partial charge in [-0.1, -0.05) is 30.4 Å². The third-order valence-corrected chi connectivity index (χ3v) is 2.88. The number of carbonyl (C=O) groups is 1. The molecular formula is C16H15FN2O. The van der Waals surface area contributed by atoms with Crippen LogP contribution in [0, 0.1) is 5.82 Å². The van der Waals surface area contributed by atoms with Crippen LogP contribution in [0.5, 0.6) is 0 Å². The number of fused-ring (bicyclic) bond motifs is 1. The monoisotopic (exact) mass is 270 g/mol. The number of benzene rings is 1. The Labute approximate surface area is 117 Å². The number of halogens is 1. The Hall–Kier alpha value is -2.49. The first-order chi connectivity index (χ1) is 9.67. The van der Waals surface area contributed by atoms with Gasteiger partial charge < -0.3 is 4.90 Å². The third-order valence-electron chi connectivity index (χ3n) is 2.88. The van der Waals surface area contributed by atoms with Crippen molar-refractivity contribution in [2.24, 2.45) is 0 Å². The van der Waals surface area contributed by atoms with E-state index in [1.54, 1.807) is 36.4 Å². The van der Waals surface area contributed by atoms with Crippen molar-refractivity contribution in [3.05, 3.63) is 67.2 Å². The predicted octanol–water partition coefficient (Wildman–Crippen LogP) is 3.19. The van der Waals surface area contributed by atoms with Crippen molar-refractivity contribution in [3.63, 3.8) is 0 Å². The summed E-state index contributed by atoms with van der Waals surface area (Å²) in [6, 6.07) is 7.99. The molecule has 0 atom stereocenters. The van der Waals surface area contributed by atoms with E-state index >= 15 is 0 Å². The van der Waals surface area contributed by atoms with Gasteiger partial charge in [-0.3, -0.25) is 4.79 Å². The molecule has 2 aromatic rings. The van der Waals surface area contributed by atoms with Gasteiger partial charge >= 0.3 is 0 Å². The number of nitrogens with zero attached hydrogens (tertiary/aromatic N) is 2. The average molecular weight is 270 g/mol. The quantitative estimate of drug-likeness (QED) is 0.782. The Morgan fingerprint density at radius 2 is 1.90 bits per heavy atom. The van der Waals surface area contributed by atoms with E-state index in [1.807, 2.05) is 0 Å². The second-order valence-corrected chi connectivity index (χ2v) is 4.30. The van der Waals surface area contributed by atoms with Crippen molar-refractivity contribution < 1.29 is 9.18 Å². The first-order valence-electron chi connectivity index (χ1n) is 6.23. The molecule has 0 unspecified atom stereocenters. The molecule has 0 aliphatic carbocycles. The number of aromatic nitrogens is 1. The lowest BCUT2D eigenvalue weighted by Gasteiger charge is -2.18. The highest BCUT2D eigenvalue weighted by atomic mass is 19.1. The van der Waals surface area contributed by atoms with E-state index in [4.69, 9.17) is 0 Å². The van der Waals surface area contributed by atoms with Crippen LogP contribution < -0.4 is 0 Å². The number of hydrogen-bond acceptors (Lipinski definition) is 2. The summed E-state index contributed by atoms with van der Waals surface area (Å²) >= 11 is 0.